The number of amides is 3. The van der Waals surface area contributed by atoms with Crippen LogP contribution in [0.4, 0.5) is 15.0 Å². The van der Waals surface area contributed by atoms with Crippen LogP contribution in [0, 0.1) is 5.82 Å². The molecule has 2 rings (SSSR count). The van der Waals surface area contributed by atoms with E-state index in [-0.39, 0.29) is 17.9 Å². The number of benzene rings is 1. The Morgan fingerprint density at radius 2 is 2.00 bits per heavy atom. The van der Waals surface area contributed by atoms with Crippen molar-refractivity contribution in [3.63, 3.8) is 0 Å². The van der Waals surface area contributed by atoms with Gasteiger partial charge in [-0.25, -0.2) is 14.2 Å². The Bertz CT molecular complexity index is 713. The average molecular weight is 346 g/mol. The van der Waals surface area contributed by atoms with Gasteiger partial charge in [0.15, 0.2) is 0 Å². The summed E-state index contributed by atoms with van der Waals surface area (Å²) >= 11 is 0. The predicted molar refractivity (Wildman–Crippen MR) is 90.0 cm³/mol. The molecule has 1 atom stereocenters. The Kier molecular flexibility index (Phi) is 6.64. The van der Waals surface area contributed by atoms with Crippen molar-refractivity contribution in [3.05, 3.63) is 54.2 Å². The number of carbonyl (C=O) groups is 2. The van der Waals surface area contributed by atoms with E-state index < -0.39 is 17.9 Å². The van der Waals surface area contributed by atoms with E-state index in [9.17, 15) is 14.0 Å². The van der Waals surface area contributed by atoms with Crippen molar-refractivity contribution in [1.29, 1.82) is 0 Å². The zero-order valence-electron chi connectivity index (χ0n) is 13.4. The highest BCUT2D eigenvalue weighted by Crippen LogP contribution is 2.19. The van der Waals surface area contributed by atoms with E-state index in [0.717, 1.165) is 0 Å². The Hall–Kier alpha value is -3.23. The maximum Gasteiger partial charge on any atom is 0.312 e. The van der Waals surface area contributed by atoms with E-state index in [2.05, 4.69) is 25.9 Å². The summed E-state index contributed by atoms with van der Waals surface area (Å²) in [4.78, 5) is 31.1. The van der Waals surface area contributed by atoms with Crippen LogP contribution < -0.4 is 21.7 Å². The highest BCUT2D eigenvalue weighted by molar-refractivity contribution is 5.78. The summed E-state index contributed by atoms with van der Waals surface area (Å²) in [5, 5.41) is 8.06. The molecular weight excluding hydrogens is 327 g/mol. The van der Waals surface area contributed by atoms with Gasteiger partial charge >= 0.3 is 6.03 Å². The van der Waals surface area contributed by atoms with E-state index in [1.807, 2.05) is 0 Å². The topological polar surface area (TPSA) is 122 Å². The summed E-state index contributed by atoms with van der Waals surface area (Å²) in [6.07, 6.45) is 4.54. The Labute approximate surface area is 144 Å². The molecule has 25 heavy (non-hydrogen) atoms. The molecule has 0 aliphatic carbocycles. The van der Waals surface area contributed by atoms with Crippen molar-refractivity contribution in [3.8, 4) is 0 Å². The largest absolute Gasteiger partial charge is 0.367 e. The number of primary amides is 1. The van der Waals surface area contributed by atoms with Crippen LogP contribution in [-0.2, 0) is 4.79 Å². The number of aromatic nitrogens is 2. The molecule has 1 heterocycles. The third-order valence-electron chi connectivity index (χ3n) is 3.30. The molecule has 2 aromatic rings. The highest BCUT2D eigenvalue weighted by Gasteiger charge is 2.20. The van der Waals surface area contributed by atoms with Gasteiger partial charge in [-0.05, 0) is 6.07 Å². The van der Waals surface area contributed by atoms with Gasteiger partial charge < -0.3 is 21.7 Å². The monoisotopic (exact) mass is 346 g/mol. The fraction of sp³-hybridized carbons (Fsp3) is 0.250. The first kappa shape index (κ1) is 18.1. The van der Waals surface area contributed by atoms with Crippen LogP contribution in [0.5, 0.6) is 0 Å². The zero-order valence-corrected chi connectivity index (χ0v) is 13.4. The van der Waals surface area contributed by atoms with Gasteiger partial charge in [-0.1, -0.05) is 18.2 Å². The zero-order chi connectivity index (χ0) is 18.1. The molecule has 8 nitrogen and oxygen atoms in total. The molecular formula is C16H19FN6O2. The predicted octanol–water partition coefficient (Wildman–Crippen LogP) is 0.944. The van der Waals surface area contributed by atoms with Crippen LogP contribution in [0.2, 0.25) is 0 Å². The first-order chi connectivity index (χ1) is 12.1. The maximum atomic E-state index is 13.9. The summed E-state index contributed by atoms with van der Waals surface area (Å²) in [5.74, 6) is -0.266. The van der Waals surface area contributed by atoms with Gasteiger partial charge in [-0.2, -0.15) is 0 Å². The lowest BCUT2D eigenvalue weighted by molar-refractivity contribution is -0.121. The van der Waals surface area contributed by atoms with E-state index in [1.165, 1.54) is 18.2 Å². The number of urea groups is 1. The minimum Gasteiger partial charge on any atom is -0.367 e. The molecule has 9 heteroatoms. The molecule has 0 aliphatic heterocycles. The fourth-order valence-corrected chi connectivity index (χ4v) is 2.21. The Morgan fingerprint density at radius 1 is 1.20 bits per heavy atom. The summed E-state index contributed by atoms with van der Waals surface area (Å²) < 4.78 is 13.9. The number of rotatable bonds is 8. The van der Waals surface area contributed by atoms with E-state index in [1.54, 1.807) is 24.7 Å². The second kappa shape index (κ2) is 9.16. The number of hydrogen-bond acceptors (Lipinski definition) is 5. The number of nitrogens with zero attached hydrogens (tertiary/aromatic N) is 2. The van der Waals surface area contributed by atoms with E-state index in [0.29, 0.717) is 18.9 Å². The third kappa shape index (κ3) is 6.05. The van der Waals surface area contributed by atoms with Gasteiger partial charge in [0.2, 0.25) is 5.91 Å². The van der Waals surface area contributed by atoms with Gasteiger partial charge in [0.05, 0.1) is 18.7 Å². The summed E-state index contributed by atoms with van der Waals surface area (Å²) in [5.41, 5.74) is 5.32. The van der Waals surface area contributed by atoms with Crippen molar-refractivity contribution in [2.45, 2.75) is 12.5 Å². The molecule has 0 fully saturated rings. The number of halogens is 1. The standard InChI is InChI=1S/C16H19FN6O2/c17-12-4-2-1-3-11(12)13(23-16(18)25)9-15(24)22-8-7-21-14-10-19-5-6-20-14/h1-6,10,13H,7-9H2,(H,20,21)(H,22,24)(H3,18,23,25)/t13-/m1/s1. The fourth-order valence-electron chi connectivity index (χ4n) is 2.21. The quantitative estimate of drug-likeness (QED) is 0.530. The van der Waals surface area contributed by atoms with Gasteiger partial charge in [0, 0.05) is 31.0 Å². The molecule has 1 aromatic carbocycles. The van der Waals surface area contributed by atoms with Gasteiger partial charge in [0.25, 0.3) is 0 Å². The van der Waals surface area contributed by atoms with Gasteiger partial charge in [-0.3, -0.25) is 9.78 Å². The SMILES string of the molecule is NC(=O)N[C@H](CC(=O)NCCNc1cnccn1)c1ccccc1F. The molecule has 0 unspecified atom stereocenters. The molecule has 132 valence electrons. The first-order valence-corrected chi connectivity index (χ1v) is 7.63. The molecule has 5 N–H and O–H groups in total. The Balaban J connectivity index is 1.85. The smallest absolute Gasteiger partial charge is 0.312 e. The maximum absolute atomic E-state index is 13.9. The van der Waals surface area contributed by atoms with Crippen molar-refractivity contribution < 1.29 is 14.0 Å². The van der Waals surface area contributed by atoms with Crippen LogP contribution in [0.3, 0.4) is 0 Å². The van der Waals surface area contributed by atoms with Crippen LogP contribution >= 0.6 is 0 Å². The van der Waals surface area contributed by atoms with Crippen LogP contribution in [0.25, 0.3) is 0 Å². The number of nitrogens with one attached hydrogen (secondary N) is 3. The van der Waals surface area contributed by atoms with Crippen LogP contribution in [0.15, 0.2) is 42.9 Å². The number of nitrogens with two attached hydrogens (primary N) is 1. The molecule has 1 aromatic heterocycles. The van der Waals surface area contributed by atoms with Crippen molar-refractivity contribution in [2.75, 3.05) is 18.4 Å². The molecule has 3 amide bonds. The third-order valence-corrected chi connectivity index (χ3v) is 3.30. The highest BCUT2D eigenvalue weighted by atomic mass is 19.1. The average Bonchev–Trinajstić information content (AvgIpc) is 2.59. The lowest BCUT2D eigenvalue weighted by Gasteiger charge is -2.18. The lowest BCUT2D eigenvalue weighted by atomic mass is 10.0. The summed E-state index contributed by atoms with van der Waals surface area (Å²) in [6.45, 7) is 0.772. The van der Waals surface area contributed by atoms with Gasteiger partial charge in [-0.15, -0.1) is 0 Å². The molecule has 0 bridgehead atoms. The summed E-state index contributed by atoms with van der Waals surface area (Å²) in [7, 11) is 0. The molecule has 0 saturated heterocycles. The van der Waals surface area contributed by atoms with Gasteiger partial charge in [0.1, 0.15) is 11.6 Å². The Morgan fingerprint density at radius 3 is 2.68 bits per heavy atom. The minimum absolute atomic E-state index is 0.130. The molecule has 0 spiro atoms. The number of carbonyl (C=O) groups excluding carboxylic acids is 2. The number of anilines is 1. The minimum atomic E-state index is -0.841. The van der Waals surface area contributed by atoms with E-state index in [4.69, 9.17) is 5.73 Å². The van der Waals surface area contributed by atoms with Crippen molar-refractivity contribution >= 4 is 17.8 Å². The second-order valence-electron chi connectivity index (χ2n) is 5.15. The molecule has 0 radical (unpaired) electrons. The second-order valence-corrected chi connectivity index (χ2v) is 5.15. The summed E-state index contributed by atoms with van der Waals surface area (Å²) in [6, 6.07) is 4.24. The van der Waals surface area contributed by atoms with Crippen LogP contribution in [-0.4, -0.2) is 35.0 Å². The van der Waals surface area contributed by atoms with Crippen molar-refractivity contribution in [1.82, 2.24) is 20.6 Å². The van der Waals surface area contributed by atoms with Crippen molar-refractivity contribution in [2.24, 2.45) is 5.73 Å². The molecule has 0 saturated carbocycles. The normalized spacial score (nSPS) is 11.4. The van der Waals surface area contributed by atoms with E-state index >= 15 is 0 Å². The molecule has 0 aliphatic rings. The first-order valence-electron chi connectivity index (χ1n) is 7.63. The van der Waals surface area contributed by atoms with Crippen LogP contribution in [0.1, 0.15) is 18.0 Å². The number of hydrogen-bond donors (Lipinski definition) is 4. The lowest BCUT2D eigenvalue weighted by Crippen LogP contribution is -2.38.